The van der Waals surface area contributed by atoms with Gasteiger partial charge in [0.25, 0.3) is 0 Å². The van der Waals surface area contributed by atoms with E-state index in [-0.39, 0.29) is 0 Å². The molecule has 10 heterocycles. The molecule has 10 saturated heterocycles. The van der Waals surface area contributed by atoms with E-state index >= 15 is 0 Å². The van der Waals surface area contributed by atoms with Gasteiger partial charge >= 0.3 is 0 Å². The van der Waals surface area contributed by atoms with Crippen LogP contribution in [-0.2, 0) is 90.1 Å². The molecule has 0 spiro atoms. The maximum atomic E-state index is 12.6. The summed E-state index contributed by atoms with van der Waals surface area (Å²) in [6.07, 6.45) is -103. The van der Waals surface area contributed by atoms with Gasteiger partial charge in [-0.2, -0.15) is 0 Å². The molecule has 664 valence electrons. The molecule has 0 saturated carbocycles. The van der Waals surface area contributed by atoms with Gasteiger partial charge in [0.05, 0.1) is 83.8 Å². The molecule has 10 fully saturated rings. The number of carbonyl (C=O) groups is 1. The summed E-state index contributed by atoms with van der Waals surface area (Å²) in [7, 11) is 0. The van der Waals surface area contributed by atoms with E-state index < -0.39 is 385 Å². The van der Waals surface area contributed by atoms with E-state index in [1.165, 1.54) is 6.92 Å². The maximum absolute atomic E-state index is 12.6. The Morgan fingerprint density at radius 2 is 0.509 bits per heavy atom. The minimum atomic E-state index is -2.49. The highest BCUT2D eigenvalue weighted by molar-refractivity contribution is 5.73. The Hall–Kier alpha value is -2.45. The van der Waals surface area contributed by atoms with Crippen molar-refractivity contribution in [2.24, 2.45) is 0 Å². The van der Waals surface area contributed by atoms with Gasteiger partial charge in [-0.05, 0) is 19.8 Å². The minimum absolute atomic E-state index is 0.604. The fourth-order valence-corrected chi connectivity index (χ4v) is 15.3. The van der Waals surface area contributed by atoms with Gasteiger partial charge in [-0.1, -0.05) is 0 Å². The Bertz CT molecular complexity index is 2910. The number of hydrogen-bond acceptors (Lipinski definition) is 49. The van der Waals surface area contributed by atoms with Crippen molar-refractivity contribution < 1.29 is 243 Å². The number of carbonyl (C=O) groups excluding carboxylic acids is 1. The number of hydrogen-bond donors (Lipinski definition) is 31. The second-order valence-corrected chi connectivity index (χ2v) is 29.5. The lowest BCUT2D eigenvalue weighted by atomic mass is 9.89. The molecule has 20 unspecified atom stereocenters. The topological polar surface area (TPSA) is 802 Å². The Balaban J connectivity index is 0.999. The van der Waals surface area contributed by atoms with E-state index in [9.17, 15) is 158 Å². The van der Waals surface area contributed by atoms with Crippen molar-refractivity contribution in [1.29, 1.82) is 0 Å². The van der Waals surface area contributed by atoms with Crippen LogP contribution in [0.4, 0.5) is 0 Å². The van der Waals surface area contributed by atoms with Crippen LogP contribution in [0.1, 0.15) is 26.7 Å². The van der Waals surface area contributed by atoms with Crippen LogP contribution in [0.2, 0.25) is 0 Å². The van der Waals surface area contributed by atoms with Gasteiger partial charge in [-0.15, -0.1) is 0 Å². The molecule has 0 aliphatic carbocycles. The first-order chi connectivity index (χ1) is 54.0. The molecule has 50 heteroatoms. The molecule has 10 aliphatic heterocycles. The fourth-order valence-electron chi connectivity index (χ4n) is 15.3. The van der Waals surface area contributed by atoms with Crippen molar-refractivity contribution >= 4 is 5.91 Å². The van der Waals surface area contributed by atoms with E-state index in [1.807, 2.05) is 0 Å². The highest BCUT2D eigenvalue weighted by atomic mass is 16.8. The molecule has 0 aromatic heterocycles. The fraction of sp³-hybridized carbons (Fsp3) is 0.984. The molecule has 1 amide bonds. The molecule has 114 heavy (non-hydrogen) atoms. The third kappa shape index (κ3) is 19.8. The van der Waals surface area contributed by atoms with Crippen LogP contribution < -0.4 is 5.32 Å². The van der Waals surface area contributed by atoms with Crippen LogP contribution in [0.3, 0.4) is 0 Å². The van der Waals surface area contributed by atoms with Gasteiger partial charge in [-0.3, -0.25) is 4.79 Å². The molecule has 10 aliphatic rings. The van der Waals surface area contributed by atoms with Gasteiger partial charge in [0, 0.05) is 6.92 Å². The lowest BCUT2D eigenvalue weighted by molar-refractivity contribution is -0.407. The predicted molar refractivity (Wildman–Crippen MR) is 348 cm³/mol. The summed E-state index contributed by atoms with van der Waals surface area (Å²) in [5.41, 5.74) is 0. The van der Waals surface area contributed by atoms with Crippen LogP contribution in [0, 0.1) is 0 Å². The minimum Gasteiger partial charge on any atom is -0.394 e. The van der Waals surface area contributed by atoms with Crippen molar-refractivity contribution in [3.05, 3.63) is 0 Å². The lowest BCUT2D eigenvalue weighted by Gasteiger charge is -2.50. The first-order valence-electron chi connectivity index (χ1n) is 36.9. The number of amides is 1. The molecule has 0 bridgehead atoms. The third-order valence-corrected chi connectivity index (χ3v) is 22.0. The summed E-state index contributed by atoms with van der Waals surface area (Å²) in [6.45, 7) is -7.10. The van der Waals surface area contributed by atoms with Crippen molar-refractivity contribution in [2.45, 2.75) is 333 Å². The standard InChI is InChI=1S/C64H109NO49/c1-14-27(65-15(2)74)37(84)51(25(12-73)98-14)109-61-49(96)53(111-63-56(44(91)34(81)23(10-71)105-63)114-64-55(43(90)33(80)24(11-72)106-64)113-60-47(94)40(87)30(77)21(8-69)103-60)36(83)26(107-61)13-97-57-48(95)52(110-62-54(42(89)32(79)22(9-70)104-62)112-59-46(93)39(86)29(76)20(7-68)102-59)35(82)16(100-57)3-4-17-50(41(88)31(78)18(5-66)99-17)108-58-45(92)38(85)28(75)19(6-67)101-58/h14,16-64,66-73,75-96H,3-13H2,1-2H3,(H,65,74)/t14-,16?,17+,18?,19?,20-,21-,22-,23-,24-,25?,26?,27?,28+,29+,30+,31+,32+,33+,34+,35+,36+,37+,38-,39?,40?,41-,42?,43?,44?,45?,46?,47?,48?,49?,50?,51+,52-,53-,54?,55?,56?,57-,58+,59+,60+,61-,62+,63+,64+/m0/s1. The van der Waals surface area contributed by atoms with E-state index in [4.69, 9.17) is 85.3 Å². The first-order valence-corrected chi connectivity index (χ1v) is 36.9. The summed E-state index contributed by atoms with van der Waals surface area (Å²) < 4.78 is 106. The van der Waals surface area contributed by atoms with Gasteiger partial charge in [0.15, 0.2) is 50.3 Å². The Kier molecular flexibility index (Phi) is 33.5. The SMILES string of the molecule is CC(=O)NC1[C@H](C)OC(CO)[C@@H](O[C@@H]2OC(CO[C@H]3OC(CC[C@H]4OC(CO)[C@@H](O)[C@H](O)C4O[C@H]4OC(CO)[C@@H](O)[C@H](O)C4O)[C@@H](O)[C@H](O[C@H]4O[C@@H](CO)[C@@H](O)C(O)C4O[C@H]4O[C@@H](CO)[C@@H](O)C(O)C4O)C3O)[C@@H](O)[C@H](O[C@H]3O[C@@H](CO)[C@@H](O)C(O)C3O[C@H]3O[C@@H](CO)[C@@H](O)C(O)C3O[C@H]3O[C@@H](CO)[C@@H](O)C(O)C3O)C2O)[C@@H]1O. The summed E-state index contributed by atoms with van der Waals surface area (Å²) in [5, 5.41) is 335. The second kappa shape index (κ2) is 40.7. The number of aliphatic hydroxyl groups excluding tert-OH is 30. The van der Waals surface area contributed by atoms with E-state index in [0.717, 1.165) is 6.92 Å². The third-order valence-electron chi connectivity index (χ3n) is 22.0. The van der Waals surface area contributed by atoms with Gasteiger partial charge < -0.3 is 244 Å². The highest BCUT2D eigenvalue weighted by Crippen LogP contribution is 2.41. The van der Waals surface area contributed by atoms with Gasteiger partial charge in [-0.25, -0.2) is 0 Å². The number of ether oxygens (including phenoxy) is 18. The van der Waals surface area contributed by atoms with Crippen LogP contribution in [0.15, 0.2) is 0 Å². The van der Waals surface area contributed by atoms with E-state index in [0.29, 0.717) is 0 Å². The van der Waals surface area contributed by atoms with Gasteiger partial charge in [0.1, 0.15) is 232 Å². The zero-order chi connectivity index (χ0) is 83.7. The molecule has 0 radical (unpaired) electrons. The van der Waals surface area contributed by atoms with Crippen molar-refractivity contribution in [2.75, 3.05) is 59.5 Å². The average molecular weight is 1680 g/mol. The normalized spacial score (nSPS) is 52.6. The van der Waals surface area contributed by atoms with E-state index in [1.54, 1.807) is 0 Å². The maximum Gasteiger partial charge on any atom is 0.217 e. The molecular weight excluding hydrogens is 1570 g/mol. The summed E-state index contributed by atoms with van der Waals surface area (Å²) in [4.78, 5) is 12.5. The molecule has 0 aromatic rings. The molecule has 0 aromatic carbocycles. The van der Waals surface area contributed by atoms with E-state index in [2.05, 4.69) is 5.32 Å². The Morgan fingerprint density at radius 1 is 0.246 bits per heavy atom. The summed E-state index contributed by atoms with van der Waals surface area (Å²) in [5.74, 6) is -0.715. The summed E-state index contributed by atoms with van der Waals surface area (Å²) in [6, 6.07) is -1.36. The number of aliphatic hydroxyl groups is 30. The van der Waals surface area contributed by atoms with Crippen LogP contribution in [0.5, 0.6) is 0 Å². The quantitative estimate of drug-likeness (QED) is 0.0331. The number of nitrogens with one attached hydrogen (secondary N) is 1. The smallest absolute Gasteiger partial charge is 0.217 e. The van der Waals surface area contributed by atoms with Crippen molar-refractivity contribution in [1.82, 2.24) is 5.32 Å². The van der Waals surface area contributed by atoms with Crippen molar-refractivity contribution in [3.8, 4) is 0 Å². The lowest BCUT2D eigenvalue weighted by Crippen LogP contribution is -2.69. The van der Waals surface area contributed by atoms with Crippen LogP contribution >= 0.6 is 0 Å². The van der Waals surface area contributed by atoms with Crippen LogP contribution in [-0.4, -0.2) is 525 Å². The second-order valence-electron chi connectivity index (χ2n) is 29.5. The van der Waals surface area contributed by atoms with Crippen molar-refractivity contribution in [3.63, 3.8) is 0 Å². The molecule has 50 atom stereocenters. The van der Waals surface area contributed by atoms with Gasteiger partial charge in [0.2, 0.25) is 5.91 Å². The Morgan fingerprint density at radius 3 is 0.877 bits per heavy atom. The zero-order valence-electron chi connectivity index (χ0n) is 60.8. The molecule has 31 N–H and O–H groups in total. The number of rotatable bonds is 29. The van der Waals surface area contributed by atoms with Crippen LogP contribution in [0.25, 0.3) is 0 Å². The first kappa shape index (κ1) is 93.8. The largest absolute Gasteiger partial charge is 0.394 e. The predicted octanol–water partition coefficient (Wildman–Crippen LogP) is -20.8. The summed E-state index contributed by atoms with van der Waals surface area (Å²) >= 11 is 0. The highest BCUT2D eigenvalue weighted by Gasteiger charge is 2.61. The zero-order valence-corrected chi connectivity index (χ0v) is 60.8. The molecular formula is C64H109NO49. The molecule has 50 nitrogen and oxygen atoms in total. The average Bonchev–Trinajstić information content (AvgIpc) is 0.725. The monoisotopic (exact) mass is 1680 g/mol. The molecule has 10 rings (SSSR count). The Labute approximate surface area is 645 Å².